The number of halogens is 3. The number of aromatic nitrogens is 3. The third kappa shape index (κ3) is 5.28. The summed E-state index contributed by atoms with van der Waals surface area (Å²) < 4.78 is 38.4. The van der Waals surface area contributed by atoms with Crippen molar-refractivity contribution in [2.24, 2.45) is 5.41 Å². The Morgan fingerprint density at radius 3 is 2.65 bits per heavy atom. The second-order valence-corrected chi connectivity index (χ2v) is 10.6. The zero-order chi connectivity index (χ0) is 27.2. The first-order chi connectivity index (χ1) is 17.2. The quantitative estimate of drug-likeness (QED) is 0.626. The van der Waals surface area contributed by atoms with Crippen molar-refractivity contribution in [3.8, 4) is 6.07 Å². The molecule has 196 valence electrons. The largest absolute Gasteiger partial charge is 0.408 e. The molecule has 0 aliphatic carbocycles. The molecule has 37 heavy (non-hydrogen) atoms. The number of amides is 3. The smallest absolute Gasteiger partial charge is 0.339 e. The van der Waals surface area contributed by atoms with Crippen LogP contribution in [0, 0.1) is 16.7 Å². The lowest BCUT2D eigenvalue weighted by atomic mass is 9.80. The van der Waals surface area contributed by atoms with Gasteiger partial charge in [0.15, 0.2) is 5.69 Å². The zero-order valence-corrected chi connectivity index (χ0v) is 20.5. The number of likely N-dealkylation sites (tertiary alicyclic amines) is 1. The van der Waals surface area contributed by atoms with Crippen LogP contribution in [0.3, 0.4) is 0 Å². The van der Waals surface area contributed by atoms with E-state index in [2.05, 4.69) is 27.0 Å². The van der Waals surface area contributed by atoms with Gasteiger partial charge in [0.05, 0.1) is 17.7 Å². The van der Waals surface area contributed by atoms with Crippen LogP contribution in [-0.2, 0) is 21.5 Å². The number of nitriles is 1. The molecule has 1 aromatic heterocycles. The van der Waals surface area contributed by atoms with E-state index in [1.807, 2.05) is 20.8 Å². The normalized spacial score (nSPS) is 21.9. The molecule has 2 N–H and O–H groups in total. The van der Waals surface area contributed by atoms with Crippen LogP contribution < -0.4 is 10.6 Å². The number of hydrogen-bond acceptors (Lipinski definition) is 6. The molecule has 0 radical (unpaired) electrons. The molecular formula is C24H26F3N7O3. The van der Waals surface area contributed by atoms with Gasteiger partial charge >= 0.3 is 6.18 Å². The maximum absolute atomic E-state index is 13.7. The first kappa shape index (κ1) is 26.1. The summed E-state index contributed by atoms with van der Waals surface area (Å²) >= 11 is 0. The van der Waals surface area contributed by atoms with Gasteiger partial charge in [-0.25, -0.2) is 4.68 Å². The molecule has 2 aliphatic heterocycles. The van der Waals surface area contributed by atoms with E-state index in [0.29, 0.717) is 15.9 Å². The second-order valence-electron chi connectivity index (χ2n) is 10.6. The van der Waals surface area contributed by atoms with Crippen molar-refractivity contribution in [2.45, 2.75) is 63.8 Å². The number of para-hydroxylation sites is 1. The fourth-order valence-corrected chi connectivity index (χ4v) is 4.89. The van der Waals surface area contributed by atoms with E-state index in [4.69, 9.17) is 0 Å². The maximum Gasteiger partial charge on any atom is 0.408 e. The second kappa shape index (κ2) is 9.17. The molecule has 1 spiro atoms. The number of carbonyl (C=O) groups is 3. The molecule has 3 heterocycles. The number of nitrogens with one attached hydrogen (secondary N) is 2. The van der Waals surface area contributed by atoms with Crippen LogP contribution in [-0.4, -0.2) is 62.4 Å². The number of hydrogen-bond donors (Lipinski definition) is 2. The van der Waals surface area contributed by atoms with Gasteiger partial charge in [-0.3, -0.25) is 14.4 Å². The van der Waals surface area contributed by atoms with Gasteiger partial charge in [-0.15, -0.1) is 5.10 Å². The summed E-state index contributed by atoms with van der Waals surface area (Å²) in [6.45, 7) is 4.10. The molecule has 4 rings (SSSR count). The molecule has 13 heteroatoms. The van der Waals surface area contributed by atoms with E-state index in [1.165, 1.54) is 4.90 Å². The minimum absolute atomic E-state index is 0.0504. The van der Waals surface area contributed by atoms with Crippen LogP contribution in [0.15, 0.2) is 30.5 Å². The first-order valence-electron chi connectivity index (χ1n) is 11.6. The minimum atomic E-state index is -4.55. The lowest BCUT2D eigenvalue weighted by molar-refractivity contribution is -0.143. The van der Waals surface area contributed by atoms with Gasteiger partial charge in [-0.05, 0) is 23.5 Å². The van der Waals surface area contributed by atoms with Gasteiger partial charge in [-0.2, -0.15) is 18.4 Å². The predicted octanol–water partition coefficient (Wildman–Crippen LogP) is 2.39. The summed E-state index contributed by atoms with van der Waals surface area (Å²) in [5, 5.41) is 22.1. The minimum Gasteiger partial charge on any atom is -0.339 e. The van der Waals surface area contributed by atoms with Crippen LogP contribution in [0.25, 0.3) is 0 Å². The van der Waals surface area contributed by atoms with Gasteiger partial charge in [0.1, 0.15) is 18.6 Å². The predicted molar refractivity (Wildman–Crippen MR) is 124 cm³/mol. The first-order valence-corrected chi connectivity index (χ1v) is 11.6. The number of fused-ring (bicyclic) bond motifs is 2. The van der Waals surface area contributed by atoms with Gasteiger partial charge in [0, 0.05) is 18.7 Å². The summed E-state index contributed by atoms with van der Waals surface area (Å²) in [6.07, 6.45) is -3.43. The van der Waals surface area contributed by atoms with Gasteiger partial charge in [-0.1, -0.05) is 44.2 Å². The maximum atomic E-state index is 13.7. The topological polar surface area (TPSA) is 133 Å². The number of alkyl halides is 3. The van der Waals surface area contributed by atoms with Gasteiger partial charge in [0.2, 0.25) is 11.8 Å². The van der Waals surface area contributed by atoms with Crippen molar-refractivity contribution >= 4 is 23.4 Å². The van der Waals surface area contributed by atoms with Crippen LogP contribution in [0.5, 0.6) is 0 Å². The molecule has 10 nitrogen and oxygen atoms in total. The third-order valence-electron chi connectivity index (χ3n) is 6.45. The molecule has 3 atom stereocenters. The molecule has 1 saturated heterocycles. The van der Waals surface area contributed by atoms with Crippen molar-refractivity contribution in [3.05, 3.63) is 41.7 Å². The summed E-state index contributed by atoms with van der Waals surface area (Å²) in [7, 11) is 0. The van der Waals surface area contributed by atoms with Crippen molar-refractivity contribution in [3.63, 3.8) is 0 Å². The van der Waals surface area contributed by atoms with Crippen LogP contribution >= 0.6 is 0 Å². The van der Waals surface area contributed by atoms with E-state index in [9.17, 15) is 32.8 Å². The molecule has 1 aromatic carbocycles. The van der Waals surface area contributed by atoms with E-state index in [-0.39, 0.29) is 31.0 Å². The molecule has 1 fully saturated rings. The number of nitrogens with zero attached hydrogens (tertiary/aromatic N) is 5. The standard InChI is InChI=1S/C24H26F3N7O3/c1-22(2,3)9-17(29-19(35)18-11-33(32-31-18)13-24(25,26)27)20(36)34-12-23(8-14(34)10-28)15-6-4-5-7-16(15)30-21(23)37/h4-7,11,14,17H,8-9,12-13H2,1-3H3,(H,29,35)(H,30,37)/t14-,17-,23-/m0/s1. The van der Waals surface area contributed by atoms with E-state index in [0.717, 1.165) is 6.20 Å². The molecular weight excluding hydrogens is 491 g/mol. The van der Waals surface area contributed by atoms with E-state index < -0.39 is 47.4 Å². The monoisotopic (exact) mass is 517 g/mol. The fraction of sp³-hybridized carbons (Fsp3) is 0.500. The van der Waals surface area contributed by atoms with Gasteiger partial charge in [0.25, 0.3) is 5.91 Å². The summed E-state index contributed by atoms with van der Waals surface area (Å²) in [5.41, 5.74) is -0.593. The highest BCUT2D eigenvalue weighted by Gasteiger charge is 2.56. The average molecular weight is 518 g/mol. The molecule has 2 aromatic rings. The highest BCUT2D eigenvalue weighted by atomic mass is 19.4. The van der Waals surface area contributed by atoms with E-state index >= 15 is 0 Å². The van der Waals surface area contributed by atoms with Crippen molar-refractivity contribution in [1.82, 2.24) is 25.2 Å². The third-order valence-corrected chi connectivity index (χ3v) is 6.45. The number of carbonyl (C=O) groups excluding carboxylic acids is 3. The summed E-state index contributed by atoms with van der Waals surface area (Å²) in [5.74, 6) is -1.74. The fourth-order valence-electron chi connectivity index (χ4n) is 4.89. The van der Waals surface area contributed by atoms with E-state index in [1.54, 1.807) is 24.3 Å². The Kier molecular flexibility index (Phi) is 6.47. The van der Waals surface area contributed by atoms with Crippen LogP contribution in [0.2, 0.25) is 0 Å². The highest BCUT2D eigenvalue weighted by Crippen LogP contribution is 2.46. The van der Waals surface area contributed by atoms with Gasteiger partial charge < -0.3 is 15.5 Å². The zero-order valence-electron chi connectivity index (χ0n) is 20.5. The number of benzene rings is 1. The van der Waals surface area contributed by atoms with Crippen LogP contribution in [0.1, 0.15) is 49.7 Å². The van der Waals surface area contributed by atoms with Crippen molar-refractivity contribution in [1.29, 1.82) is 5.26 Å². The Balaban J connectivity index is 1.59. The molecule has 0 unspecified atom stereocenters. The highest BCUT2D eigenvalue weighted by molar-refractivity contribution is 6.07. The Morgan fingerprint density at radius 2 is 2.00 bits per heavy atom. The number of anilines is 1. The van der Waals surface area contributed by atoms with Crippen molar-refractivity contribution < 1.29 is 27.6 Å². The Bertz CT molecular complexity index is 1280. The average Bonchev–Trinajstić information content (AvgIpc) is 3.48. The lowest BCUT2D eigenvalue weighted by Crippen LogP contribution is -2.52. The Labute approximate surface area is 210 Å². The Morgan fingerprint density at radius 1 is 1.30 bits per heavy atom. The lowest BCUT2D eigenvalue weighted by Gasteiger charge is -2.31. The number of rotatable bonds is 5. The SMILES string of the molecule is CC(C)(C)C[C@H](NC(=O)c1cn(CC(F)(F)F)nn1)C(=O)N1C[C@]2(C[C@H]1C#N)C(=O)Nc1ccccc12. The molecule has 2 aliphatic rings. The van der Waals surface area contributed by atoms with Crippen LogP contribution in [0.4, 0.5) is 18.9 Å². The summed E-state index contributed by atoms with van der Waals surface area (Å²) in [6, 6.07) is 7.16. The Hall–Kier alpha value is -3.95. The molecule has 0 saturated carbocycles. The molecule has 3 amide bonds. The summed E-state index contributed by atoms with van der Waals surface area (Å²) in [4.78, 5) is 40.9. The van der Waals surface area contributed by atoms with Crippen molar-refractivity contribution in [2.75, 3.05) is 11.9 Å². The molecule has 0 bridgehead atoms.